The molecule has 0 fully saturated rings. The van der Waals surface area contributed by atoms with Crippen molar-refractivity contribution in [3.05, 3.63) is 70.0 Å². The van der Waals surface area contributed by atoms with Crippen molar-refractivity contribution in [1.29, 1.82) is 0 Å². The fraction of sp³-hybridized carbons (Fsp3) is 0.158. The van der Waals surface area contributed by atoms with E-state index in [1.807, 2.05) is 19.1 Å². The smallest absolute Gasteiger partial charge is 0.244 e. The van der Waals surface area contributed by atoms with E-state index in [0.717, 1.165) is 0 Å². The Bertz CT molecular complexity index is 982. The number of fused-ring (bicyclic) bond motifs is 1. The summed E-state index contributed by atoms with van der Waals surface area (Å²) in [5.74, 6) is 0.405. The number of nitrogens with zero attached hydrogens (tertiary/aromatic N) is 1. The Balaban J connectivity index is 1.86. The summed E-state index contributed by atoms with van der Waals surface area (Å²) in [7, 11) is 0. The summed E-state index contributed by atoms with van der Waals surface area (Å²) < 4.78 is 7.22. The molecule has 2 aromatic carbocycles. The molecule has 0 bridgehead atoms. The lowest BCUT2D eigenvalue weighted by molar-refractivity contribution is -0.116. The number of rotatable bonds is 5. The quantitative estimate of drug-likeness (QED) is 0.758. The monoisotopic (exact) mass is 356 g/mol. The highest BCUT2D eigenvalue weighted by atomic mass is 35.5. The van der Waals surface area contributed by atoms with E-state index in [9.17, 15) is 9.59 Å². The normalized spacial score (nSPS) is 10.6. The molecule has 0 aliphatic heterocycles. The van der Waals surface area contributed by atoms with Crippen LogP contribution in [0.5, 0.6) is 5.75 Å². The van der Waals surface area contributed by atoms with Crippen molar-refractivity contribution in [3.8, 4) is 5.75 Å². The van der Waals surface area contributed by atoms with Crippen molar-refractivity contribution >= 4 is 34.1 Å². The third-order valence-corrected chi connectivity index (χ3v) is 3.95. The summed E-state index contributed by atoms with van der Waals surface area (Å²) in [6.45, 7) is 2.47. The number of nitrogens with one attached hydrogen (secondary N) is 1. The second-order valence-corrected chi connectivity index (χ2v) is 5.88. The maximum atomic E-state index is 12.4. The van der Waals surface area contributed by atoms with Crippen LogP contribution in [-0.2, 0) is 11.3 Å². The third-order valence-electron chi connectivity index (χ3n) is 3.71. The number of benzene rings is 2. The van der Waals surface area contributed by atoms with Crippen LogP contribution in [0.2, 0.25) is 5.02 Å². The average molecular weight is 357 g/mol. The van der Waals surface area contributed by atoms with E-state index in [2.05, 4.69) is 5.32 Å². The van der Waals surface area contributed by atoms with E-state index in [-0.39, 0.29) is 17.9 Å². The SMILES string of the molecule is CCOc1ccccc1NC(=O)Cn1ccc(=O)c2cc(Cl)ccc21. The number of pyridine rings is 1. The molecule has 0 aliphatic rings. The Morgan fingerprint density at radius 3 is 2.80 bits per heavy atom. The number of carbonyl (C=O) groups excluding carboxylic acids is 1. The molecule has 1 amide bonds. The zero-order chi connectivity index (χ0) is 17.8. The molecule has 128 valence electrons. The second-order valence-electron chi connectivity index (χ2n) is 5.45. The molecule has 0 unspecified atom stereocenters. The van der Waals surface area contributed by atoms with Crippen molar-refractivity contribution in [3.63, 3.8) is 0 Å². The molecule has 1 N–H and O–H groups in total. The van der Waals surface area contributed by atoms with E-state index < -0.39 is 0 Å². The Morgan fingerprint density at radius 1 is 1.20 bits per heavy atom. The highest BCUT2D eigenvalue weighted by Gasteiger charge is 2.10. The first-order chi connectivity index (χ1) is 12.1. The lowest BCUT2D eigenvalue weighted by Gasteiger charge is -2.13. The van der Waals surface area contributed by atoms with Crippen molar-refractivity contribution < 1.29 is 9.53 Å². The maximum Gasteiger partial charge on any atom is 0.244 e. The molecule has 6 heteroatoms. The summed E-state index contributed by atoms with van der Waals surface area (Å²) in [6.07, 6.45) is 1.60. The van der Waals surface area contributed by atoms with Gasteiger partial charge in [0.2, 0.25) is 5.91 Å². The van der Waals surface area contributed by atoms with Gasteiger partial charge in [-0.1, -0.05) is 23.7 Å². The van der Waals surface area contributed by atoms with Crippen molar-refractivity contribution in [2.45, 2.75) is 13.5 Å². The Hall–Kier alpha value is -2.79. The van der Waals surface area contributed by atoms with Crippen molar-refractivity contribution in [1.82, 2.24) is 4.57 Å². The van der Waals surface area contributed by atoms with Crippen molar-refractivity contribution in [2.75, 3.05) is 11.9 Å². The van der Waals surface area contributed by atoms with Crippen LogP contribution in [-0.4, -0.2) is 17.1 Å². The lowest BCUT2D eigenvalue weighted by Crippen LogP contribution is -2.20. The molecule has 5 nitrogen and oxygen atoms in total. The van der Waals surface area contributed by atoms with Gasteiger partial charge in [0.15, 0.2) is 5.43 Å². The highest BCUT2D eigenvalue weighted by molar-refractivity contribution is 6.31. The molecule has 0 saturated heterocycles. The van der Waals surface area contributed by atoms with Gasteiger partial charge in [-0.05, 0) is 37.3 Å². The van der Waals surface area contributed by atoms with Crippen LogP contribution in [0.15, 0.2) is 59.5 Å². The molecule has 25 heavy (non-hydrogen) atoms. The van der Waals surface area contributed by atoms with Gasteiger partial charge in [0.25, 0.3) is 0 Å². The molecular weight excluding hydrogens is 340 g/mol. The van der Waals surface area contributed by atoms with Crippen LogP contribution < -0.4 is 15.5 Å². The summed E-state index contributed by atoms with van der Waals surface area (Å²) in [4.78, 5) is 24.4. The zero-order valence-corrected chi connectivity index (χ0v) is 14.4. The number of hydrogen-bond acceptors (Lipinski definition) is 3. The van der Waals surface area contributed by atoms with Gasteiger partial charge >= 0.3 is 0 Å². The number of aromatic nitrogens is 1. The van der Waals surface area contributed by atoms with Crippen LogP contribution in [0.25, 0.3) is 10.9 Å². The number of ether oxygens (including phenoxy) is 1. The van der Waals surface area contributed by atoms with Crippen LogP contribution in [0, 0.1) is 0 Å². The summed E-state index contributed by atoms with van der Waals surface area (Å²) in [5, 5.41) is 3.81. The fourth-order valence-electron chi connectivity index (χ4n) is 2.62. The summed E-state index contributed by atoms with van der Waals surface area (Å²) >= 11 is 5.96. The largest absolute Gasteiger partial charge is 0.492 e. The molecular formula is C19H17ClN2O3. The fourth-order valence-corrected chi connectivity index (χ4v) is 2.79. The minimum absolute atomic E-state index is 0.0683. The Labute approximate surface area is 149 Å². The van der Waals surface area contributed by atoms with E-state index in [0.29, 0.717) is 34.0 Å². The number of amides is 1. The molecule has 1 aromatic heterocycles. The second kappa shape index (κ2) is 7.40. The predicted molar refractivity (Wildman–Crippen MR) is 99.5 cm³/mol. The van der Waals surface area contributed by atoms with Crippen LogP contribution in [0.3, 0.4) is 0 Å². The van der Waals surface area contributed by atoms with Gasteiger partial charge < -0.3 is 14.6 Å². The van der Waals surface area contributed by atoms with Crippen LogP contribution in [0.4, 0.5) is 5.69 Å². The number of anilines is 1. The Kier molecular flexibility index (Phi) is 5.05. The van der Waals surface area contributed by atoms with Crippen LogP contribution in [0.1, 0.15) is 6.92 Å². The van der Waals surface area contributed by atoms with E-state index >= 15 is 0 Å². The standard InChI is InChI=1S/C19H17ClN2O3/c1-2-25-18-6-4-3-5-15(18)21-19(24)12-22-10-9-17(23)14-11-13(20)7-8-16(14)22/h3-11H,2,12H2,1H3,(H,21,24). The van der Waals surface area contributed by atoms with Gasteiger partial charge in [-0.3, -0.25) is 9.59 Å². The van der Waals surface area contributed by atoms with Gasteiger partial charge in [0, 0.05) is 22.7 Å². The van der Waals surface area contributed by atoms with Crippen molar-refractivity contribution in [2.24, 2.45) is 0 Å². The molecule has 0 radical (unpaired) electrons. The maximum absolute atomic E-state index is 12.4. The summed E-state index contributed by atoms with van der Waals surface area (Å²) in [5.41, 5.74) is 1.14. The van der Waals surface area contributed by atoms with E-state index in [4.69, 9.17) is 16.3 Å². The first-order valence-corrected chi connectivity index (χ1v) is 8.26. The van der Waals surface area contributed by atoms with Gasteiger partial charge in [-0.2, -0.15) is 0 Å². The number of hydrogen-bond donors (Lipinski definition) is 1. The average Bonchev–Trinajstić information content (AvgIpc) is 2.59. The first kappa shape index (κ1) is 17.0. The van der Waals surface area contributed by atoms with Gasteiger partial charge in [-0.25, -0.2) is 0 Å². The molecule has 0 spiro atoms. The number of halogens is 1. The minimum atomic E-state index is -0.216. The molecule has 3 aromatic rings. The lowest BCUT2D eigenvalue weighted by atomic mass is 10.2. The predicted octanol–water partition coefficient (Wildman–Crippen LogP) is 3.69. The van der Waals surface area contributed by atoms with E-state index in [1.54, 1.807) is 41.1 Å². The molecule has 0 saturated carbocycles. The zero-order valence-electron chi connectivity index (χ0n) is 13.7. The molecule has 1 heterocycles. The number of carbonyl (C=O) groups is 1. The van der Waals surface area contributed by atoms with Gasteiger partial charge in [0.1, 0.15) is 12.3 Å². The number of para-hydroxylation sites is 2. The topological polar surface area (TPSA) is 60.3 Å². The highest BCUT2D eigenvalue weighted by Crippen LogP contribution is 2.24. The van der Waals surface area contributed by atoms with Crippen LogP contribution >= 0.6 is 11.6 Å². The minimum Gasteiger partial charge on any atom is -0.492 e. The van der Waals surface area contributed by atoms with Gasteiger partial charge in [0.05, 0.1) is 17.8 Å². The molecule has 0 atom stereocenters. The molecule has 0 aliphatic carbocycles. The Morgan fingerprint density at radius 2 is 2.00 bits per heavy atom. The van der Waals surface area contributed by atoms with Gasteiger partial charge in [-0.15, -0.1) is 0 Å². The van der Waals surface area contributed by atoms with E-state index in [1.165, 1.54) is 6.07 Å². The molecule has 3 rings (SSSR count). The summed E-state index contributed by atoms with van der Waals surface area (Å²) in [6, 6.07) is 13.7. The first-order valence-electron chi connectivity index (χ1n) is 7.89. The third kappa shape index (κ3) is 3.83.